The second-order valence-corrected chi connectivity index (χ2v) is 11.6. The smallest absolute Gasteiger partial charge is 0.243 e. The van der Waals surface area contributed by atoms with E-state index >= 15 is 0 Å². The van der Waals surface area contributed by atoms with Gasteiger partial charge in [-0.05, 0) is 54.5 Å². The van der Waals surface area contributed by atoms with Gasteiger partial charge >= 0.3 is 0 Å². The molecule has 0 saturated heterocycles. The first-order valence-corrected chi connectivity index (χ1v) is 15.3. The molecule has 2 aromatic rings. The summed E-state index contributed by atoms with van der Waals surface area (Å²) in [4.78, 5) is 28.7. The number of nitrogens with one attached hydrogen (secondary N) is 2. The molecule has 42 heavy (non-hydrogen) atoms. The summed E-state index contributed by atoms with van der Waals surface area (Å²) in [6.07, 6.45) is 7.19. The number of carbonyl (C=O) groups excluding carboxylic acids is 2. The van der Waals surface area contributed by atoms with E-state index in [0.29, 0.717) is 19.4 Å². The van der Waals surface area contributed by atoms with E-state index in [2.05, 4.69) is 23.6 Å². The van der Waals surface area contributed by atoms with E-state index in [1.165, 1.54) is 0 Å². The fourth-order valence-corrected chi connectivity index (χ4v) is 5.97. The van der Waals surface area contributed by atoms with Gasteiger partial charge in [-0.15, -0.1) is 0 Å². The number of likely N-dealkylation sites (N-methyl/N-ethyl adjacent to an activating group) is 1. The molecule has 1 aliphatic carbocycles. The maximum absolute atomic E-state index is 13.8. The van der Waals surface area contributed by atoms with Gasteiger partial charge in [-0.1, -0.05) is 75.2 Å². The number of hydrogen-bond acceptors (Lipinski definition) is 6. The number of carbonyl (C=O) groups is 2. The normalized spacial score (nSPS) is 26.2. The molecule has 2 aromatic carbocycles. The van der Waals surface area contributed by atoms with Crippen molar-refractivity contribution in [2.24, 2.45) is 5.92 Å². The van der Waals surface area contributed by atoms with Crippen molar-refractivity contribution in [2.45, 2.75) is 82.7 Å². The van der Waals surface area contributed by atoms with Crippen molar-refractivity contribution in [3.63, 3.8) is 0 Å². The maximum atomic E-state index is 13.8. The lowest BCUT2D eigenvalue weighted by molar-refractivity contribution is -0.142. The zero-order chi connectivity index (χ0) is 30.1. The van der Waals surface area contributed by atoms with Crippen LogP contribution in [0.15, 0.2) is 60.7 Å². The molecule has 228 valence electrons. The van der Waals surface area contributed by atoms with E-state index in [1.807, 2.05) is 61.5 Å². The number of rotatable bonds is 8. The predicted octanol–water partition coefficient (Wildman–Crippen LogP) is 4.49. The van der Waals surface area contributed by atoms with Crippen molar-refractivity contribution in [3.8, 4) is 5.75 Å². The van der Waals surface area contributed by atoms with Crippen LogP contribution in [0.4, 0.5) is 0 Å². The molecule has 6 atom stereocenters. The molecule has 2 bridgehead atoms. The highest BCUT2D eigenvalue weighted by Gasteiger charge is 2.35. The topological polar surface area (TPSA) is 100 Å². The molecular formula is C34H47N3O5. The lowest BCUT2D eigenvalue weighted by atomic mass is 9.98. The summed E-state index contributed by atoms with van der Waals surface area (Å²) in [5.41, 5.74) is 3.23. The van der Waals surface area contributed by atoms with Gasteiger partial charge in [0.1, 0.15) is 11.8 Å². The van der Waals surface area contributed by atoms with Crippen molar-refractivity contribution >= 4 is 11.8 Å². The van der Waals surface area contributed by atoms with Gasteiger partial charge in [0.25, 0.3) is 0 Å². The molecule has 0 radical (unpaired) electrons. The number of methoxy groups -OCH3 is 1. The van der Waals surface area contributed by atoms with E-state index < -0.39 is 18.2 Å². The van der Waals surface area contributed by atoms with Crippen LogP contribution < -0.4 is 15.4 Å². The van der Waals surface area contributed by atoms with E-state index in [-0.39, 0.29) is 36.4 Å². The number of aliphatic hydroxyl groups excluding tert-OH is 1. The summed E-state index contributed by atoms with van der Waals surface area (Å²) in [5.74, 6) is 0.290. The van der Waals surface area contributed by atoms with Gasteiger partial charge in [0.15, 0.2) is 0 Å². The van der Waals surface area contributed by atoms with Crippen molar-refractivity contribution in [2.75, 3.05) is 27.3 Å². The monoisotopic (exact) mass is 577 g/mol. The van der Waals surface area contributed by atoms with Crippen LogP contribution in [0.25, 0.3) is 0 Å². The molecule has 2 amide bonds. The molecule has 0 aromatic heterocycles. The number of benzene rings is 2. The van der Waals surface area contributed by atoms with Gasteiger partial charge in [-0.25, -0.2) is 0 Å². The van der Waals surface area contributed by atoms with Crippen LogP contribution >= 0.6 is 0 Å². The molecule has 2 aliphatic rings. The minimum Gasteiger partial charge on any atom is -0.497 e. The molecule has 8 heteroatoms. The summed E-state index contributed by atoms with van der Waals surface area (Å²) in [6.45, 7) is 4.70. The summed E-state index contributed by atoms with van der Waals surface area (Å²) in [7, 11) is 3.36. The minimum absolute atomic E-state index is 0.0296. The molecule has 0 unspecified atom stereocenters. The zero-order valence-corrected chi connectivity index (χ0v) is 25.4. The molecule has 1 heterocycles. The van der Waals surface area contributed by atoms with Crippen LogP contribution in [0.1, 0.15) is 74.8 Å². The van der Waals surface area contributed by atoms with Gasteiger partial charge in [0, 0.05) is 25.6 Å². The Hall–Kier alpha value is -3.20. The number of ether oxygens (including phenoxy) is 2. The first-order chi connectivity index (χ1) is 20.3. The highest BCUT2D eigenvalue weighted by Crippen LogP contribution is 2.42. The number of unbranched alkanes of at least 4 members (excludes halogenated alkanes) is 1. The number of hydrogen-bond donors (Lipinski definition) is 3. The van der Waals surface area contributed by atoms with Gasteiger partial charge in [-0.2, -0.15) is 0 Å². The summed E-state index contributed by atoms with van der Waals surface area (Å²) in [5, 5.41) is 18.1. The van der Waals surface area contributed by atoms with E-state index in [9.17, 15) is 14.7 Å². The molecule has 1 aliphatic heterocycles. The summed E-state index contributed by atoms with van der Waals surface area (Å²) < 4.78 is 11.8. The zero-order valence-electron chi connectivity index (χ0n) is 25.4. The van der Waals surface area contributed by atoms with Gasteiger partial charge in [0.2, 0.25) is 11.8 Å². The third kappa shape index (κ3) is 8.00. The average molecular weight is 578 g/mol. The van der Waals surface area contributed by atoms with Crippen molar-refractivity contribution in [3.05, 3.63) is 77.4 Å². The average Bonchev–Trinajstić information content (AvgIpc) is 3.35. The summed E-state index contributed by atoms with van der Waals surface area (Å²) >= 11 is 0. The molecule has 0 fully saturated rings. The predicted molar refractivity (Wildman–Crippen MR) is 164 cm³/mol. The Morgan fingerprint density at radius 1 is 1.17 bits per heavy atom. The number of fused-ring (bicyclic) bond motifs is 5. The Bertz CT molecular complexity index is 1200. The fourth-order valence-electron chi connectivity index (χ4n) is 5.97. The van der Waals surface area contributed by atoms with E-state index in [4.69, 9.17) is 9.47 Å². The van der Waals surface area contributed by atoms with Crippen molar-refractivity contribution in [1.29, 1.82) is 0 Å². The van der Waals surface area contributed by atoms with Crippen LogP contribution in [-0.4, -0.2) is 67.3 Å². The van der Waals surface area contributed by atoms with Crippen LogP contribution in [0.5, 0.6) is 5.75 Å². The number of amides is 2. The quantitative estimate of drug-likeness (QED) is 0.400. The standard InChI is InChI=1S/C34H47N3O5/c1-5-6-12-23(2)34(40)37(3)30-15-10-11-18-42-32-21-28(27-20-25(41-4)16-17-26(27)32)35-22-31(38)29(36-33(30)39)19-24-13-8-7-9-14-24/h7-11,13-14,16-17,20,23,28-32,35,38H,5-6,12,15,18-19,21-22H2,1-4H3,(H,36,39)/b11-10+/t23-,28-,29-,30-,31+,32+/m0/s1. The lowest BCUT2D eigenvalue weighted by Gasteiger charge is -2.32. The first-order valence-electron chi connectivity index (χ1n) is 15.3. The van der Waals surface area contributed by atoms with Crippen LogP contribution in [0.2, 0.25) is 0 Å². The number of β-amino-alcohol motifs (C(OH)–C–C–N with tert-alkyl or cyclic N) is 1. The fraction of sp³-hybridized carbons (Fsp3) is 0.529. The number of aliphatic hydroxyl groups is 1. The molecule has 8 nitrogen and oxygen atoms in total. The second kappa shape index (κ2) is 15.3. The van der Waals surface area contributed by atoms with Crippen LogP contribution in [0, 0.1) is 5.92 Å². The summed E-state index contributed by atoms with van der Waals surface area (Å²) in [6, 6.07) is 14.6. The second-order valence-electron chi connectivity index (χ2n) is 11.6. The Balaban J connectivity index is 1.61. The number of nitrogens with zero attached hydrogens (tertiary/aromatic N) is 1. The van der Waals surface area contributed by atoms with Crippen molar-refractivity contribution < 1.29 is 24.2 Å². The third-order valence-electron chi connectivity index (χ3n) is 8.58. The van der Waals surface area contributed by atoms with Crippen LogP contribution in [0.3, 0.4) is 0 Å². The largest absolute Gasteiger partial charge is 0.497 e. The highest BCUT2D eigenvalue weighted by atomic mass is 16.5. The minimum atomic E-state index is -0.867. The first kappa shape index (κ1) is 31.7. The Kier molecular flexibility index (Phi) is 11.6. The highest BCUT2D eigenvalue weighted by molar-refractivity contribution is 5.88. The Morgan fingerprint density at radius 2 is 1.95 bits per heavy atom. The Labute approximate surface area is 250 Å². The van der Waals surface area contributed by atoms with Crippen LogP contribution in [-0.2, 0) is 20.7 Å². The third-order valence-corrected chi connectivity index (χ3v) is 8.58. The van der Waals surface area contributed by atoms with Gasteiger partial charge in [0.05, 0.1) is 32.0 Å². The van der Waals surface area contributed by atoms with Gasteiger partial charge in [-0.3, -0.25) is 9.59 Å². The van der Waals surface area contributed by atoms with Crippen molar-refractivity contribution in [1.82, 2.24) is 15.5 Å². The molecule has 0 saturated carbocycles. The van der Waals surface area contributed by atoms with E-state index in [1.54, 1.807) is 19.1 Å². The van der Waals surface area contributed by atoms with E-state index in [0.717, 1.165) is 48.1 Å². The lowest BCUT2D eigenvalue weighted by Crippen LogP contribution is -2.55. The molecule has 4 rings (SSSR count). The molecular weight excluding hydrogens is 530 g/mol. The van der Waals surface area contributed by atoms with Gasteiger partial charge < -0.3 is 30.1 Å². The molecule has 3 N–H and O–H groups in total. The maximum Gasteiger partial charge on any atom is 0.243 e. The molecule has 0 spiro atoms. The SMILES string of the molecule is CCCC[C@H](C)C(=O)N(C)[C@H]1C/C=C/CO[C@@H]2C[C@H](NC[C@@H](O)[C@H](Cc3ccccc3)NC1=O)c1cc(OC)ccc12. The Morgan fingerprint density at radius 3 is 2.69 bits per heavy atom.